The molecule has 6 heteroatoms. The lowest BCUT2D eigenvalue weighted by atomic mass is 10.1. The number of primary amides is 1. The van der Waals surface area contributed by atoms with Crippen LogP contribution in [-0.4, -0.2) is 30.3 Å². The van der Waals surface area contributed by atoms with Crippen LogP contribution in [0.4, 0.5) is 4.79 Å². The molecular weight excluding hydrogens is 176 g/mol. The summed E-state index contributed by atoms with van der Waals surface area (Å²) in [7, 11) is 1.22. The summed E-state index contributed by atoms with van der Waals surface area (Å²) in [6.07, 6.45) is -0.745. The average molecular weight is 192 g/mol. The first-order valence-corrected chi connectivity index (χ1v) is 3.64. The molecule has 1 amide bonds. The van der Waals surface area contributed by atoms with Gasteiger partial charge < -0.3 is 21.3 Å². The predicted molar refractivity (Wildman–Crippen MR) is 47.0 cm³/mol. The molecule has 0 spiro atoms. The highest BCUT2D eigenvalue weighted by Gasteiger charge is 2.14. The van der Waals surface area contributed by atoms with Crippen molar-refractivity contribution in [3.05, 3.63) is 0 Å². The molecule has 78 valence electrons. The van der Waals surface area contributed by atoms with Crippen LogP contribution in [0.5, 0.6) is 0 Å². The molecule has 13 heavy (non-hydrogen) atoms. The summed E-state index contributed by atoms with van der Waals surface area (Å²) in [5, 5.41) is 8.23. The Kier molecular flexibility index (Phi) is 8.05. The fourth-order valence-electron chi connectivity index (χ4n) is 0.285. The Labute approximate surface area is 76.8 Å². The number of amides is 1. The largest absolute Gasteiger partial charge is 0.480 e. The SMILES string of the molecule is CC(C)[C@H](N)C(=O)O.COC(N)=O. The zero-order chi connectivity index (χ0) is 11.0. The van der Waals surface area contributed by atoms with E-state index in [0.29, 0.717) is 0 Å². The Balaban J connectivity index is 0. The monoisotopic (exact) mass is 192 g/mol. The van der Waals surface area contributed by atoms with Crippen LogP contribution in [0.3, 0.4) is 0 Å². The van der Waals surface area contributed by atoms with Crippen molar-refractivity contribution in [2.45, 2.75) is 19.9 Å². The molecule has 0 aliphatic carbocycles. The van der Waals surface area contributed by atoms with E-state index >= 15 is 0 Å². The maximum Gasteiger partial charge on any atom is 0.404 e. The number of hydrogen-bond donors (Lipinski definition) is 3. The Morgan fingerprint density at radius 2 is 1.69 bits per heavy atom. The summed E-state index contributed by atoms with van der Waals surface area (Å²) in [5.41, 5.74) is 9.59. The molecule has 0 aliphatic rings. The second-order valence-corrected chi connectivity index (χ2v) is 2.63. The molecule has 0 bridgehead atoms. The molecule has 0 radical (unpaired) electrons. The summed E-state index contributed by atoms with van der Waals surface area (Å²) >= 11 is 0. The van der Waals surface area contributed by atoms with Gasteiger partial charge in [-0.15, -0.1) is 0 Å². The van der Waals surface area contributed by atoms with Gasteiger partial charge in [0.15, 0.2) is 0 Å². The lowest BCUT2D eigenvalue weighted by Gasteiger charge is -2.07. The quantitative estimate of drug-likeness (QED) is 0.558. The molecule has 1 atom stereocenters. The summed E-state index contributed by atoms with van der Waals surface area (Å²) in [4.78, 5) is 19.4. The number of rotatable bonds is 2. The number of carbonyl (C=O) groups excluding carboxylic acids is 1. The standard InChI is InChI=1S/C5H11NO2.C2H5NO2/c1-3(2)4(6)5(7)8;1-5-2(3)4/h3-4H,6H2,1-2H3,(H,7,8);1H3,(H2,3,4)/t4-;/m0./s1. The predicted octanol–water partition coefficient (Wildman–Crippen LogP) is -0.234. The van der Waals surface area contributed by atoms with Gasteiger partial charge in [-0.05, 0) is 5.92 Å². The summed E-state index contributed by atoms with van der Waals surface area (Å²) in [6.45, 7) is 3.55. The van der Waals surface area contributed by atoms with Crippen LogP contribution in [0, 0.1) is 5.92 Å². The third-order valence-electron chi connectivity index (χ3n) is 1.20. The molecule has 0 rings (SSSR count). The average Bonchev–Trinajstić information content (AvgIpc) is 2.03. The maximum atomic E-state index is 10.0. The highest BCUT2D eigenvalue weighted by Crippen LogP contribution is 1.96. The van der Waals surface area contributed by atoms with E-state index in [9.17, 15) is 9.59 Å². The van der Waals surface area contributed by atoms with Gasteiger partial charge in [-0.2, -0.15) is 0 Å². The van der Waals surface area contributed by atoms with Gasteiger partial charge in [0.05, 0.1) is 7.11 Å². The van der Waals surface area contributed by atoms with E-state index in [-0.39, 0.29) is 5.92 Å². The first-order valence-electron chi connectivity index (χ1n) is 3.64. The van der Waals surface area contributed by atoms with Crippen molar-refractivity contribution in [2.75, 3.05) is 7.11 Å². The van der Waals surface area contributed by atoms with E-state index in [1.54, 1.807) is 13.8 Å². The van der Waals surface area contributed by atoms with Crippen molar-refractivity contribution >= 4 is 12.1 Å². The molecule has 0 saturated carbocycles. The number of ether oxygens (including phenoxy) is 1. The van der Waals surface area contributed by atoms with Crippen molar-refractivity contribution in [1.29, 1.82) is 0 Å². The fraction of sp³-hybridized carbons (Fsp3) is 0.714. The molecule has 0 heterocycles. The first kappa shape index (κ1) is 14.2. The molecule has 0 aromatic carbocycles. The molecule has 5 N–H and O–H groups in total. The lowest BCUT2D eigenvalue weighted by molar-refractivity contribution is -0.139. The van der Waals surface area contributed by atoms with Crippen LogP contribution in [0.2, 0.25) is 0 Å². The molecule has 0 aromatic rings. The van der Waals surface area contributed by atoms with Crippen molar-refractivity contribution in [2.24, 2.45) is 17.4 Å². The van der Waals surface area contributed by atoms with Crippen LogP contribution in [0.15, 0.2) is 0 Å². The molecule has 0 unspecified atom stereocenters. The van der Waals surface area contributed by atoms with Crippen molar-refractivity contribution < 1.29 is 19.4 Å². The smallest absolute Gasteiger partial charge is 0.404 e. The van der Waals surface area contributed by atoms with E-state index < -0.39 is 18.1 Å². The summed E-state index contributed by atoms with van der Waals surface area (Å²) < 4.78 is 3.89. The molecule has 0 fully saturated rings. The number of aliphatic carboxylic acids is 1. The Bertz CT molecular complexity index is 170. The van der Waals surface area contributed by atoms with Gasteiger partial charge >= 0.3 is 12.1 Å². The van der Waals surface area contributed by atoms with E-state index in [1.807, 2.05) is 0 Å². The van der Waals surface area contributed by atoms with Gasteiger partial charge in [-0.3, -0.25) is 4.79 Å². The van der Waals surface area contributed by atoms with E-state index in [2.05, 4.69) is 10.5 Å². The van der Waals surface area contributed by atoms with E-state index in [1.165, 1.54) is 7.11 Å². The fourth-order valence-corrected chi connectivity index (χ4v) is 0.285. The normalized spacial score (nSPS) is 11.2. The van der Waals surface area contributed by atoms with Crippen molar-refractivity contribution in [3.63, 3.8) is 0 Å². The van der Waals surface area contributed by atoms with Crippen LogP contribution < -0.4 is 11.5 Å². The minimum atomic E-state index is -0.931. The van der Waals surface area contributed by atoms with Crippen molar-refractivity contribution in [3.8, 4) is 0 Å². The Morgan fingerprint density at radius 1 is 1.38 bits per heavy atom. The van der Waals surface area contributed by atoms with Crippen molar-refractivity contribution in [1.82, 2.24) is 0 Å². The van der Waals surface area contributed by atoms with Gasteiger partial charge in [0.25, 0.3) is 0 Å². The van der Waals surface area contributed by atoms with E-state index in [0.717, 1.165) is 0 Å². The highest BCUT2D eigenvalue weighted by atomic mass is 16.5. The summed E-state index contributed by atoms with van der Waals surface area (Å²) in [6, 6.07) is -0.713. The second-order valence-electron chi connectivity index (χ2n) is 2.63. The summed E-state index contributed by atoms with van der Waals surface area (Å²) in [5.74, 6) is -0.910. The van der Waals surface area contributed by atoms with Crippen LogP contribution >= 0.6 is 0 Å². The third kappa shape index (κ3) is 10.7. The number of carboxylic acid groups (broad SMARTS) is 1. The van der Waals surface area contributed by atoms with Gasteiger partial charge in [0.2, 0.25) is 0 Å². The minimum Gasteiger partial charge on any atom is -0.480 e. The third-order valence-corrected chi connectivity index (χ3v) is 1.20. The Morgan fingerprint density at radius 3 is 1.69 bits per heavy atom. The van der Waals surface area contributed by atoms with Gasteiger partial charge in [0, 0.05) is 0 Å². The van der Waals surface area contributed by atoms with E-state index in [4.69, 9.17) is 10.8 Å². The lowest BCUT2D eigenvalue weighted by Crippen LogP contribution is -2.34. The zero-order valence-electron chi connectivity index (χ0n) is 7.98. The van der Waals surface area contributed by atoms with Gasteiger partial charge in [-0.1, -0.05) is 13.8 Å². The number of hydrogen-bond acceptors (Lipinski definition) is 4. The van der Waals surface area contributed by atoms with Gasteiger partial charge in [0.1, 0.15) is 6.04 Å². The highest BCUT2D eigenvalue weighted by molar-refractivity contribution is 5.73. The maximum absolute atomic E-state index is 10.0. The molecule has 0 aliphatic heterocycles. The number of carbonyl (C=O) groups is 2. The minimum absolute atomic E-state index is 0.0208. The Hall–Kier alpha value is -1.30. The van der Waals surface area contributed by atoms with Crippen LogP contribution in [-0.2, 0) is 9.53 Å². The topological polar surface area (TPSA) is 116 Å². The molecule has 0 aromatic heterocycles. The second kappa shape index (κ2) is 7.35. The molecule has 6 nitrogen and oxygen atoms in total. The number of nitrogens with two attached hydrogens (primary N) is 2. The van der Waals surface area contributed by atoms with Gasteiger partial charge in [-0.25, -0.2) is 4.79 Å². The zero-order valence-corrected chi connectivity index (χ0v) is 7.98. The number of carboxylic acids is 1. The number of methoxy groups -OCH3 is 1. The first-order chi connectivity index (χ1) is 5.82. The molecule has 0 saturated heterocycles. The molecular formula is C7H16N2O4. The van der Waals surface area contributed by atoms with Crippen LogP contribution in [0.1, 0.15) is 13.8 Å². The van der Waals surface area contributed by atoms with Crippen LogP contribution in [0.25, 0.3) is 0 Å².